The fraction of sp³-hybridized carbons (Fsp3) is 0.267. The summed E-state index contributed by atoms with van der Waals surface area (Å²) in [7, 11) is 3.17. The number of nitrogens with zero attached hydrogens (tertiary/aromatic N) is 3. The van der Waals surface area contributed by atoms with Crippen molar-refractivity contribution >= 4 is 45.5 Å². The molecular weight excluding hydrogens is 535 g/mol. The van der Waals surface area contributed by atoms with E-state index in [0.717, 1.165) is 55.8 Å². The van der Waals surface area contributed by atoms with Crippen molar-refractivity contribution in [1.29, 1.82) is 5.26 Å². The lowest BCUT2D eigenvalue weighted by atomic mass is 9.99. The SMILES string of the molecule is COc1cc(Nc2c(C#N)cnc3cc(-c4ccc(CCN5CCOCC5)cc4)c(OC)cc23)c(Cl)cc1Cl. The molecule has 0 amide bonds. The van der Waals surface area contributed by atoms with Gasteiger partial charge in [-0.05, 0) is 35.7 Å². The number of hydrogen-bond donors (Lipinski definition) is 1. The molecule has 7 nitrogen and oxygen atoms in total. The lowest BCUT2D eigenvalue weighted by Crippen LogP contribution is -2.37. The number of rotatable bonds is 8. The van der Waals surface area contributed by atoms with Crippen molar-refractivity contribution in [2.24, 2.45) is 0 Å². The van der Waals surface area contributed by atoms with Crippen LogP contribution < -0.4 is 14.8 Å². The summed E-state index contributed by atoms with van der Waals surface area (Å²) in [4.78, 5) is 7.01. The quantitative estimate of drug-likeness (QED) is 0.255. The predicted octanol–water partition coefficient (Wildman–Crippen LogP) is 6.72. The van der Waals surface area contributed by atoms with Crippen molar-refractivity contribution in [2.45, 2.75) is 6.42 Å². The van der Waals surface area contributed by atoms with Crippen LogP contribution in [0.25, 0.3) is 22.0 Å². The van der Waals surface area contributed by atoms with Gasteiger partial charge in [0.25, 0.3) is 0 Å². The average molecular weight is 563 g/mol. The maximum absolute atomic E-state index is 9.83. The Kier molecular flexibility index (Phi) is 8.39. The molecule has 5 rings (SSSR count). The molecule has 1 aromatic heterocycles. The van der Waals surface area contributed by atoms with Gasteiger partial charge in [0.05, 0.1) is 59.9 Å². The van der Waals surface area contributed by atoms with E-state index >= 15 is 0 Å². The summed E-state index contributed by atoms with van der Waals surface area (Å²) >= 11 is 12.7. The Morgan fingerprint density at radius 3 is 2.44 bits per heavy atom. The van der Waals surface area contributed by atoms with E-state index < -0.39 is 0 Å². The van der Waals surface area contributed by atoms with E-state index in [2.05, 4.69) is 45.5 Å². The lowest BCUT2D eigenvalue weighted by Gasteiger charge is -2.26. The molecule has 0 unspecified atom stereocenters. The Hall–Kier alpha value is -3.54. The van der Waals surface area contributed by atoms with Crippen LogP contribution in [0.2, 0.25) is 10.0 Å². The minimum atomic E-state index is 0.368. The van der Waals surface area contributed by atoms with Crippen molar-refractivity contribution in [1.82, 2.24) is 9.88 Å². The Labute approximate surface area is 237 Å². The third-order valence-electron chi connectivity index (χ3n) is 6.90. The topological polar surface area (TPSA) is 79.6 Å². The third-order valence-corrected chi connectivity index (χ3v) is 7.50. The molecule has 4 aromatic rings. The van der Waals surface area contributed by atoms with Crippen molar-refractivity contribution in [3.05, 3.63) is 75.9 Å². The molecule has 1 fully saturated rings. The van der Waals surface area contributed by atoms with Gasteiger partial charge in [-0.3, -0.25) is 9.88 Å². The van der Waals surface area contributed by atoms with Crippen LogP contribution in [0.15, 0.2) is 54.7 Å². The van der Waals surface area contributed by atoms with E-state index in [9.17, 15) is 5.26 Å². The maximum Gasteiger partial charge on any atom is 0.139 e. The standard InChI is InChI=1S/C30H28Cl2N4O3/c1-37-28-14-23-26(13-22(28)20-5-3-19(4-6-20)7-8-36-9-11-39-12-10-36)34-18-21(17-33)30(23)35-27-16-29(38-2)25(32)15-24(27)31/h3-6,13-16,18H,7-12H2,1-2H3,(H,34,35). The second-order valence-electron chi connectivity index (χ2n) is 9.22. The number of benzene rings is 3. The summed E-state index contributed by atoms with van der Waals surface area (Å²) in [6, 6.07) is 17.9. The number of fused-ring (bicyclic) bond motifs is 1. The molecule has 200 valence electrons. The highest BCUT2D eigenvalue weighted by atomic mass is 35.5. The van der Waals surface area contributed by atoms with Crippen LogP contribution in [0.1, 0.15) is 11.1 Å². The fourth-order valence-corrected chi connectivity index (χ4v) is 5.22. The summed E-state index contributed by atoms with van der Waals surface area (Å²) in [5.41, 5.74) is 5.42. The van der Waals surface area contributed by atoms with Gasteiger partial charge in [-0.2, -0.15) is 5.26 Å². The number of nitrogens with one attached hydrogen (secondary N) is 1. The van der Waals surface area contributed by atoms with Crippen LogP contribution in [0.4, 0.5) is 11.4 Å². The summed E-state index contributed by atoms with van der Waals surface area (Å²) in [5.74, 6) is 1.14. The van der Waals surface area contributed by atoms with Gasteiger partial charge in [0.1, 0.15) is 17.6 Å². The zero-order chi connectivity index (χ0) is 27.4. The van der Waals surface area contributed by atoms with Gasteiger partial charge in [-0.1, -0.05) is 47.5 Å². The van der Waals surface area contributed by atoms with Gasteiger partial charge in [0.15, 0.2) is 0 Å². The summed E-state index contributed by atoms with van der Waals surface area (Å²) in [6.45, 7) is 4.61. The maximum atomic E-state index is 9.83. The van der Waals surface area contributed by atoms with E-state index in [-0.39, 0.29) is 0 Å². The van der Waals surface area contributed by atoms with Crippen molar-refractivity contribution in [2.75, 3.05) is 52.4 Å². The van der Waals surface area contributed by atoms with E-state index in [4.69, 9.17) is 37.4 Å². The highest BCUT2D eigenvalue weighted by Gasteiger charge is 2.17. The van der Waals surface area contributed by atoms with Crippen LogP contribution in [0, 0.1) is 11.3 Å². The Morgan fingerprint density at radius 1 is 1.00 bits per heavy atom. The van der Waals surface area contributed by atoms with E-state index in [1.54, 1.807) is 25.4 Å². The fourth-order valence-electron chi connectivity index (χ4n) is 4.71. The molecule has 3 aromatic carbocycles. The first-order valence-corrected chi connectivity index (χ1v) is 13.4. The van der Waals surface area contributed by atoms with E-state index in [0.29, 0.717) is 44.0 Å². The average Bonchev–Trinajstić information content (AvgIpc) is 2.97. The minimum Gasteiger partial charge on any atom is -0.496 e. The number of ether oxygens (including phenoxy) is 3. The number of morpholine rings is 1. The highest BCUT2D eigenvalue weighted by molar-refractivity contribution is 6.37. The molecule has 2 heterocycles. The van der Waals surface area contributed by atoms with Crippen LogP contribution >= 0.6 is 23.2 Å². The smallest absolute Gasteiger partial charge is 0.139 e. The van der Waals surface area contributed by atoms with Gasteiger partial charge in [0.2, 0.25) is 0 Å². The molecule has 1 aliphatic rings. The normalized spacial score (nSPS) is 13.7. The van der Waals surface area contributed by atoms with Gasteiger partial charge >= 0.3 is 0 Å². The Morgan fingerprint density at radius 2 is 1.74 bits per heavy atom. The zero-order valence-corrected chi connectivity index (χ0v) is 23.3. The predicted molar refractivity (Wildman–Crippen MR) is 156 cm³/mol. The first kappa shape index (κ1) is 27.0. The van der Waals surface area contributed by atoms with Crippen LogP contribution in [-0.2, 0) is 11.2 Å². The number of methoxy groups -OCH3 is 2. The zero-order valence-electron chi connectivity index (χ0n) is 21.8. The molecule has 9 heteroatoms. The number of nitriles is 1. The molecular formula is C30H28Cl2N4O3. The van der Waals surface area contributed by atoms with Gasteiger partial charge in [-0.15, -0.1) is 0 Å². The largest absolute Gasteiger partial charge is 0.496 e. The highest BCUT2D eigenvalue weighted by Crippen LogP contribution is 2.40. The van der Waals surface area contributed by atoms with Crippen LogP contribution in [-0.4, -0.2) is 57.0 Å². The minimum absolute atomic E-state index is 0.368. The van der Waals surface area contributed by atoms with Crippen LogP contribution in [0.5, 0.6) is 11.5 Å². The van der Waals surface area contributed by atoms with Crippen LogP contribution in [0.3, 0.4) is 0 Å². The summed E-state index contributed by atoms with van der Waals surface area (Å²) < 4.78 is 16.6. The van der Waals surface area contributed by atoms with Crippen molar-refractivity contribution < 1.29 is 14.2 Å². The number of pyridine rings is 1. The molecule has 0 spiro atoms. The molecule has 0 bridgehead atoms. The van der Waals surface area contributed by atoms with E-state index in [1.165, 1.54) is 12.7 Å². The second-order valence-corrected chi connectivity index (χ2v) is 10.0. The first-order chi connectivity index (χ1) is 19.0. The summed E-state index contributed by atoms with van der Waals surface area (Å²) in [6.07, 6.45) is 2.54. The number of aromatic nitrogens is 1. The molecule has 39 heavy (non-hydrogen) atoms. The number of halogens is 2. The molecule has 0 atom stereocenters. The molecule has 1 saturated heterocycles. The van der Waals surface area contributed by atoms with E-state index in [1.807, 2.05) is 12.1 Å². The Balaban J connectivity index is 1.48. The first-order valence-electron chi connectivity index (χ1n) is 12.6. The van der Waals surface area contributed by atoms with Gasteiger partial charge < -0.3 is 19.5 Å². The third kappa shape index (κ3) is 5.90. The molecule has 1 aliphatic heterocycles. The Bertz CT molecular complexity index is 1530. The van der Waals surface area contributed by atoms with Gasteiger partial charge in [-0.25, -0.2) is 0 Å². The lowest BCUT2D eigenvalue weighted by molar-refractivity contribution is 0.0384. The second kappa shape index (κ2) is 12.1. The monoisotopic (exact) mass is 562 g/mol. The van der Waals surface area contributed by atoms with Crippen molar-refractivity contribution in [3.8, 4) is 28.7 Å². The van der Waals surface area contributed by atoms with Gasteiger partial charge in [0, 0.05) is 42.8 Å². The molecule has 0 radical (unpaired) electrons. The summed E-state index contributed by atoms with van der Waals surface area (Å²) in [5, 5.41) is 14.6. The van der Waals surface area contributed by atoms with Crippen molar-refractivity contribution in [3.63, 3.8) is 0 Å². The molecule has 0 saturated carbocycles. The molecule has 0 aliphatic carbocycles. The molecule has 1 N–H and O–H groups in total. The number of hydrogen-bond acceptors (Lipinski definition) is 7. The number of anilines is 2.